The molecule has 0 amide bonds. The zero-order chi connectivity index (χ0) is 28.4. The van der Waals surface area contributed by atoms with E-state index < -0.39 is 5.60 Å². The largest absolute Gasteiger partial charge is 0.497 e. The van der Waals surface area contributed by atoms with Gasteiger partial charge in [-0.15, -0.1) is 16.5 Å². The van der Waals surface area contributed by atoms with Crippen LogP contribution >= 0.6 is 0 Å². The summed E-state index contributed by atoms with van der Waals surface area (Å²) in [6.45, 7) is 12.0. The van der Waals surface area contributed by atoms with Gasteiger partial charge in [0.25, 0.3) is 5.82 Å². The van der Waals surface area contributed by atoms with Gasteiger partial charge in [-0.25, -0.2) is 0 Å². The summed E-state index contributed by atoms with van der Waals surface area (Å²) >= 11 is 0. The van der Waals surface area contributed by atoms with Crippen molar-refractivity contribution in [3.63, 3.8) is 0 Å². The third-order valence-corrected chi connectivity index (χ3v) is 8.12. The lowest BCUT2D eigenvalue weighted by molar-refractivity contribution is 0.152. The van der Waals surface area contributed by atoms with Gasteiger partial charge in [-0.1, -0.05) is 80.6 Å². The number of ether oxygens (including phenoxy) is 2. The van der Waals surface area contributed by atoms with Crippen LogP contribution < -0.4 is 9.47 Å². The first kappa shape index (κ1) is 24.5. The van der Waals surface area contributed by atoms with E-state index in [0.717, 1.165) is 21.9 Å². The maximum absolute atomic E-state index is 9.67. The Kier molecular flexibility index (Phi) is 5.22. The fourth-order valence-corrected chi connectivity index (χ4v) is 6.28. The molecule has 0 N–H and O–H groups in total. The number of benzene rings is 4. The zero-order valence-electron chi connectivity index (χ0n) is 22.6. The number of hydrogen-bond acceptors (Lipinski definition) is 6. The Morgan fingerprint density at radius 1 is 0.927 bits per heavy atom. The molecule has 196 valence electrons. The van der Waals surface area contributed by atoms with Gasteiger partial charge in [0.05, 0.1) is 7.11 Å². The minimum atomic E-state index is -1.33. The van der Waals surface area contributed by atoms with Crippen LogP contribution in [-0.4, -0.2) is 22.1 Å². The van der Waals surface area contributed by atoms with Gasteiger partial charge in [0.2, 0.25) is 11.4 Å². The van der Waals surface area contributed by atoms with E-state index in [9.17, 15) is 5.26 Å². The number of nitriles is 1. The summed E-state index contributed by atoms with van der Waals surface area (Å²) in [6, 6.07) is 26.2. The maximum Gasteiger partial charge on any atom is 0.376 e. The second-order valence-electron chi connectivity index (χ2n) is 10.6. The first-order chi connectivity index (χ1) is 19.9. The maximum atomic E-state index is 9.67. The SMILES string of the molecule is [C-]#[N+]c1nc(C#N)nc(C2(c3ccc(OC)cc3)C=Cc3c4c(c5ccccc5c3O2)-c2ccccc2C4(C)C)n1. The zero-order valence-corrected chi connectivity index (χ0v) is 22.6. The van der Waals surface area contributed by atoms with Crippen LogP contribution in [0.2, 0.25) is 0 Å². The topological polar surface area (TPSA) is 85.3 Å². The van der Waals surface area contributed by atoms with Gasteiger partial charge < -0.3 is 14.3 Å². The van der Waals surface area contributed by atoms with Crippen molar-refractivity contribution < 1.29 is 9.47 Å². The first-order valence-corrected chi connectivity index (χ1v) is 13.2. The molecule has 0 saturated heterocycles. The van der Waals surface area contributed by atoms with Gasteiger partial charge in [-0.05, 0) is 45.8 Å². The highest BCUT2D eigenvalue weighted by molar-refractivity contribution is 6.08. The number of aromatic nitrogens is 3. The minimum Gasteiger partial charge on any atom is -0.497 e. The molecule has 4 aromatic carbocycles. The van der Waals surface area contributed by atoms with Gasteiger partial charge in [0, 0.05) is 21.9 Å². The fourth-order valence-electron chi connectivity index (χ4n) is 6.28. The lowest BCUT2D eigenvalue weighted by Gasteiger charge is -2.36. The summed E-state index contributed by atoms with van der Waals surface area (Å²) in [7, 11) is 1.61. The molecule has 0 radical (unpaired) electrons. The average Bonchev–Trinajstić information content (AvgIpc) is 3.27. The number of nitrogens with zero attached hydrogens (tertiary/aromatic N) is 5. The summed E-state index contributed by atoms with van der Waals surface area (Å²) in [5, 5.41) is 11.7. The summed E-state index contributed by atoms with van der Waals surface area (Å²) in [5.41, 5.74) is 5.01. The van der Waals surface area contributed by atoms with Crippen molar-refractivity contribution >= 4 is 22.8 Å². The Labute approximate surface area is 237 Å². The highest BCUT2D eigenvalue weighted by atomic mass is 16.5. The smallest absolute Gasteiger partial charge is 0.376 e. The summed E-state index contributed by atoms with van der Waals surface area (Å²) in [5.74, 6) is 1.22. The van der Waals surface area contributed by atoms with E-state index in [0.29, 0.717) is 11.5 Å². The van der Waals surface area contributed by atoms with Crippen molar-refractivity contribution in [1.82, 2.24) is 15.0 Å². The number of rotatable bonds is 3. The minimum absolute atomic E-state index is 0.146. The molecule has 5 aromatic rings. The molecule has 0 fully saturated rings. The molecular weight excluding hydrogens is 510 g/mol. The van der Waals surface area contributed by atoms with E-state index in [1.807, 2.05) is 48.5 Å². The fraction of sp³-hybridized carbons (Fsp3) is 0.147. The highest BCUT2D eigenvalue weighted by Gasteiger charge is 2.46. The molecular formula is C34H23N5O2. The van der Waals surface area contributed by atoms with Gasteiger partial charge in [-0.3, -0.25) is 0 Å². The van der Waals surface area contributed by atoms with Crippen LogP contribution in [0.1, 0.15) is 47.8 Å². The summed E-state index contributed by atoms with van der Waals surface area (Å²) < 4.78 is 12.5. The van der Waals surface area contributed by atoms with Crippen molar-refractivity contribution in [3.05, 3.63) is 124 Å². The van der Waals surface area contributed by atoms with Crippen molar-refractivity contribution in [1.29, 1.82) is 5.26 Å². The molecule has 41 heavy (non-hydrogen) atoms. The molecule has 2 aliphatic rings. The lowest BCUT2D eigenvalue weighted by atomic mass is 9.77. The van der Waals surface area contributed by atoms with Crippen LogP contribution in [0.5, 0.6) is 11.5 Å². The van der Waals surface area contributed by atoms with E-state index >= 15 is 0 Å². The van der Waals surface area contributed by atoms with Gasteiger partial charge in [0.1, 0.15) is 11.5 Å². The average molecular weight is 534 g/mol. The molecule has 0 spiro atoms. The van der Waals surface area contributed by atoms with E-state index in [1.165, 1.54) is 22.3 Å². The van der Waals surface area contributed by atoms with Gasteiger partial charge >= 0.3 is 5.95 Å². The Bertz CT molecular complexity index is 1980. The molecule has 1 aliphatic heterocycles. The van der Waals surface area contributed by atoms with E-state index in [-0.39, 0.29) is 23.0 Å². The first-order valence-electron chi connectivity index (χ1n) is 13.2. The van der Waals surface area contributed by atoms with E-state index in [2.05, 4.69) is 76.1 Å². The predicted molar refractivity (Wildman–Crippen MR) is 156 cm³/mol. The molecule has 1 atom stereocenters. The van der Waals surface area contributed by atoms with Crippen LogP contribution in [-0.2, 0) is 11.0 Å². The van der Waals surface area contributed by atoms with Crippen LogP contribution in [0.15, 0.2) is 78.9 Å². The van der Waals surface area contributed by atoms with Crippen molar-refractivity contribution in [2.75, 3.05) is 7.11 Å². The Morgan fingerprint density at radius 2 is 1.66 bits per heavy atom. The van der Waals surface area contributed by atoms with Crippen LogP contribution in [0.4, 0.5) is 5.95 Å². The monoisotopic (exact) mass is 533 g/mol. The van der Waals surface area contributed by atoms with Crippen molar-refractivity contribution in [3.8, 4) is 28.7 Å². The quantitative estimate of drug-likeness (QED) is 0.230. The molecule has 7 nitrogen and oxygen atoms in total. The lowest BCUT2D eigenvalue weighted by Crippen LogP contribution is -2.37. The number of hydrogen-bond donors (Lipinski definition) is 0. The molecule has 1 aromatic heterocycles. The Morgan fingerprint density at radius 3 is 2.39 bits per heavy atom. The molecule has 7 heteroatoms. The number of fused-ring (bicyclic) bond motifs is 8. The molecule has 0 saturated carbocycles. The van der Waals surface area contributed by atoms with E-state index in [1.54, 1.807) is 7.11 Å². The standard InChI is InChI=1S/C34H23N5O2/c1-33(2)26-12-8-7-11-24(26)28-22-9-5-6-10-23(22)30-25(29(28)33)17-18-34(41-30,20-13-15-21(40-4)16-14-20)31-37-27(19-35)38-32(36-3)39-31/h5-18H,1-2,4H3. The third-order valence-electron chi connectivity index (χ3n) is 8.12. The Balaban J connectivity index is 1.56. The van der Waals surface area contributed by atoms with E-state index in [4.69, 9.17) is 16.0 Å². The van der Waals surface area contributed by atoms with Crippen LogP contribution in [0.3, 0.4) is 0 Å². The van der Waals surface area contributed by atoms with Gasteiger partial charge in [0.15, 0.2) is 6.07 Å². The van der Waals surface area contributed by atoms with Crippen LogP contribution in [0.25, 0.3) is 32.8 Å². The van der Waals surface area contributed by atoms with Crippen molar-refractivity contribution in [2.24, 2.45) is 0 Å². The molecule has 2 heterocycles. The second kappa shape index (κ2) is 8.74. The second-order valence-corrected chi connectivity index (χ2v) is 10.6. The summed E-state index contributed by atoms with van der Waals surface area (Å²) in [4.78, 5) is 16.3. The van der Waals surface area contributed by atoms with Crippen LogP contribution in [0, 0.1) is 17.9 Å². The molecule has 1 aliphatic carbocycles. The Hall–Kier alpha value is -5.53. The summed E-state index contributed by atoms with van der Waals surface area (Å²) in [6.07, 6.45) is 4.00. The van der Waals surface area contributed by atoms with Gasteiger partial charge in [-0.2, -0.15) is 10.2 Å². The normalized spacial score (nSPS) is 17.5. The number of methoxy groups -OCH3 is 1. The molecule has 1 unspecified atom stereocenters. The highest BCUT2D eigenvalue weighted by Crippen LogP contribution is 2.57. The molecule has 0 bridgehead atoms. The molecule has 7 rings (SSSR count). The van der Waals surface area contributed by atoms with Crippen molar-refractivity contribution in [2.45, 2.75) is 24.9 Å². The predicted octanol–water partition coefficient (Wildman–Crippen LogP) is 7.11. The third kappa shape index (κ3) is 3.39.